The number of para-hydroxylation sites is 2. The van der Waals surface area contributed by atoms with Gasteiger partial charge in [-0.3, -0.25) is 0 Å². The van der Waals surface area contributed by atoms with Crippen molar-refractivity contribution in [1.29, 1.82) is 0 Å². The van der Waals surface area contributed by atoms with Gasteiger partial charge < -0.3 is 10.2 Å². The second-order valence-electron chi connectivity index (χ2n) is 4.18. The van der Waals surface area contributed by atoms with Crippen molar-refractivity contribution < 1.29 is 4.42 Å². The molecule has 0 unspecified atom stereocenters. The number of fused-ring (bicyclic) bond motifs is 2. The highest BCUT2D eigenvalue weighted by molar-refractivity contribution is 5.86. The zero-order valence-electron chi connectivity index (χ0n) is 9.82. The lowest BCUT2D eigenvalue weighted by atomic mass is 10.3. The number of anilines is 1. The van der Waals surface area contributed by atoms with Crippen LogP contribution in [-0.4, -0.2) is 20.0 Å². The molecule has 0 radical (unpaired) electrons. The van der Waals surface area contributed by atoms with Crippen molar-refractivity contribution in [3.05, 3.63) is 42.5 Å². The lowest BCUT2D eigenvalue weighted by Gasteiger charge is -1.93. The monoisotopic (exact) mass is 251 g/mol. The van der Waals surface area contributed by atoms with Crippen molar-refractivity contribution in [2.24, 2.45) is 0 Å². The van der Waals surface area contributed by atoms with Crippen LogP contribution in [0, 0.1) is 0 Å². The van der Waals surface area contributed by atoms with E-state index in [0.717, 1.165) is 11.0 Å². The van der Waals surface area contributed by atoms with Crippen LogP contribution in [0.2, 0.25) is 0 Å². The molecule has 4 rings (SSSR count). The molecule has 19 heavy (non-hydrogen) atoms. The van der Waals surface area contributed by atoms with Crippen LogP contribution >= 0.6 is 0 Å². The second kappa shape index (κ2) is 3.55. The van der Waals surface area contributed by atoms with Gasteiger partial charge in [0.15, 0.2) is 5.58 Å². The first-order valence-corrected chi connectivity index (χ1v) is 5.79. The molecule has 0 aliphatic rings. The molecule has 0 saturated heterocycles. The Morgan fingerprint density at radius 1 is 1.05 bits per heavy atom. The van der Waals surface area contributed by atoms with Crippen LogP contribution in [0.4, 0.5) is 5.69 Å². The Bertz CT molecular complexity index is 892. The van der Waals surface area contributed by atoms with E-state index >= 15 is 0 Å². The molecule has 0 fully saturated rings. The van der Waals surface area contributed by atoms with Crippen LogP contribution in [-0.2, 0) is 0 Å². The molecule has 0 aliphatic heterocycles. The van der Waals surface area contributed by atoms with E-state index in [9.17, 15) is 0 Å². The molecule has 2 aromatic heterocycles. The number of hydrogen-bond acceptors (Lipinski definition) is 5. The zero-order chi connectivity index (χ0) is 12.8. The first-order chi connectivity index (χ1) is 9.33. The van der Waals surface area contributed by atoms with Gasteiger partial charge in [-0.2, -0.15) is 9.67 Å². The molecule has 2 heterocycles. The molecule has 0 aliphatic carbocycles. The molecule has 92 valence electrons. The van der Waals surface area contributed by atoms with Crippen molar-refractivity contribution in [2.75, 3.05) is 5.73 Å². The lowest BCUT2D eigenvalue weighted by Crippen LogP contribution is -1.96. The molecule has 0 amide bonds. The van der Waals surface area contributed by atoms with Gasteiger partial charge in [0, 0.05) is 0 Å². The quantitative estimate of drug-likeness (QED) is 0.524. The van der Waals surface area contributed by atoms with E-state index in [-0.39, 0.29) is 0 Å². The summed E-state index contributed by atoms with van der Waals surface area (Å²) in [5, 5.41) is 8.13. The predicted octanol–water partition coefficient (Wildman–Crippen LogP) is 2.14. The number of nitrogen functional groups attached to an aromatic ring is 1. The largest absolute Gasteiger partial charge is 0.422 e. The minimum absolute atomic E-state index is 0.363. The normalized spacial score (nSPS) is 11.4. The van der Waals surface area contributed by atoms with Crippen molar-refractivity contribution >= 4 is 27.8 Å². The van der Waals surface area contributed by atoms with Crippen LogP contribution in [0.3, 0.4) is 0 Å². The molecular weight excluding hydrogens is 242 g/mol. The third-order valence-electron chi connectivity index (χ3n) is 2.97. The fraction of sp³-hybridized carbons (Fsp3) is 0. The maximum Gasteiger partial charge on any atom is 0.325 e. The number of aromatic nitrogens is 4. The van der Waals surface area contributed by atoms with Gasteiger partial charge >= 0.3 is 6.01 Å². The third-order valence-corrected chi connectivity index (χ3v) is 2.97. The van der Waals surface area contributed by atoms with E-state index < -0.39 is 0 Å². The Morgan fingerprint density at radius 3 is 2.84 bits per heavy atom. The summed E-state index contributed by atoms with van der Waals surface area (Å²) in [6, 6.07) is 13.4. The molecule has 0 atom stereocenters. The Kier molecular flexibility index (Phi) is 1.88. The van der Waals surface area contributed by atoms with Crippen molar-refractivity contribution in [3.8, 4) is 6.01 Å². The maximum atomic E-state index is 5.87. The summed E-state index contributed by atoms with van der Waals surface area (Å²) in [7, 11) is 0. The summed E-state index contributed by atoms with van der Waals surface area (Å²) in [5.41, 5.74) is 9.35. The summed E-state index contributed by atoms with van der Waals surface area (Å²) in [5.74, 6) is 0. The fourth-order valence-corrected chi connectivity index (χ4v) is 2.06. The van der Waals surface area contributed by atoms with E-state index in [1.54, 1.807) is 10.7 Å². The summed E-state index contributed by atoms with van der Waals surface area (Å²) in [4.78, 5) is 4.37. The van der Waals surface area contributed by atoms with Crippen LogP contribution in [0.1, 0.15) is 0 Å². The molecule has 4 aromatic rings. The maximum absolute atomic E-state index is 5.87. The average molecular weight is 251 g/mol. The van der Waals surface area contributed by atoms with Crippen molar-refractivity contribution in [2.45, 2.75) is 0 Å². The highest BCUT2D eigenvalue weighted by atomic mass is 16.4. The Hall–Kier alpha value is -2.89. The molecular formula is C13H9N5O. The topological polar surface area (TPSA) is 82.8 Å². The molecule has 6 nitrogen and oxygen atoms in total. The van der Waals surface area contributed by atoms with Gasteiger partial charge in [0.1, 0.15) is 11.0 Å². The van der Waals surface area contributed by atoms with E-state index in [1.807, 2.05) is 36.4 Å². The molecule has 0 bridgehead atoms. The van der Waals surface area contributed by atoms with E-state index in [1.165, 1.54) is 0 Å². The first kappa shape index (κ1) is 10.1. The van der Waals surface area contributed by atoms with Crippen molar-refractivity contribution in [1.82, 2.24) is 20.0 Å². The number of nitrogens with two attached hydrogens (primary N) is 1. The highest BCUT2D eigenvalue weighted by Crippen LogP contribution is 2.24. The van der Waals surface area contributed by atoms with Gasteiger partial charge in [-0.1, -0.05) is 23.4 Å². The Balaban J connectivity index is 2.02. The SMILES string of the molecule is Nc1cccc2oc(-n3nnc4ccccc43)nc12. The third kappa shape index (κ3) is 1.40. The fourth-order valence-electron chi connectivity index (χ4n) is 2.06. The van der Waals surface area contributed by atoms with Crippen molar-refractivity contribution in [3.63, 3.8) is 0 Å². The van der Waals surface area contributed by atoms with Gasteiger partial charge in [0.2, 0.25) is 0 Å². The second-order valence-corrected chi connectivity index (χ2v) is 4.18. The molecule has 6 heteroatoms. The summed E-state index contributed by atoms with van der Waals surface area (Å²) in [6.45, 7) is 0. The summed E-state index contributed by atoms with van der Waals surface area (Å²) < 4.78 is 7.23. The highest BCUT2D eigenvalue weighted by Gasteiger charge is 2.13. The molecule has 0 spiro atoms. The Labute approximate surface area is 107 Å². The lowest BCUT2D eigenvalue weighted by molar-refractivity contribution is 0.542. The number of nitrogens with zero attached hydrogens (tertiary/aromatic N) is 4. The zero-order valence-corrected chi connectivity index (χ0v) is 9.82. The van der Waals surface area contributed by atoms with Crippen LogP contribution in [0.5, 0.6) is 0 Å². The van der Waals surface area contributed by atoms with E-state index in [2.05, 4.69) is 15.3 Å². The van der Waals surface area contributed by atoms with Gasteiger partial charge in [0.25, 0.3) is 0 Å². The number of rotatable bonds is 1. The smallest absolute Gasteiger partial charge is 0.325 e. The number of oxazole rings is 1. The average Bonchev–Trinajstić information content (AvgIpc) is 3.02. The Morgan fingerprint density at radius 2 is 1.95 bits per heavy atom. The van der Waals surface area contributed by atoms with Gasteiger partial charge in [-0.25, -0.2) is 0 Å². The summed E-state index contributed by atoms with van der Waals surface area (Å²) in [6.07, 6.45) is 0. The summed E-state index contributed by atoms with van der Waals surface area (Å²) >= 11 is 0. The first-order valence-electron chi connectivity index (χ1n) is 5.79. The van der Waals surface area contributed by atoms with E-state index in [4.69, 9.17) is 10.2 Å². The molecule has 2 N–H and O–H groups in total. The van der Waals surface area contributed by atoms with Crippen LogP contribution < -0.4 is 5.73 Å². The molecule has 0 saturated carbocycles. The number of hydrogen-bond donors (Lipinski definition) is 1. The van der Waals surface area contributed by atoms with Gasteiger partial charge in [-0.05, 0) is 24.3 Å². The van der Waals surface area contributed by atoms with Gasteiger partial charge in [0.05, 0.1) is 11.2 Å². The predicted molar refractivity (Wildman–Crippen MR) is 70.8 cm³/mol. The van der Waals surface area contributed by atoms with Gasteiger partial charge in [-0.15, -0.1) is 5.10 Å². The van der Waals surface area contributed by atoms with E-state index in [0.29, 0.717) is 22.8 Å². The molecule has 2 aromatic carbocycles. The van der Waals surface area contributed by atoms with Crippen LogP contribution in [0.25, 0.3) is 28.1 Å². The minimum atomic E-state index is 0.363. The van der Waals surface area contributed by atoms with Crippen LogP contribution in [0.15, 0.2) is 46.9 Å². The number of benzene rings is 2. The standard InChI is InChI=1S/C13H9N5O/c14-8-4-3-7-11-12(8)15-13(19-11)18-10-6-2-1-5-9(10)16-17-18/h1-7H,14H2. The minimum Gasteiger partial charge on any atom is -0.422 e.